The summed E-state index contributed by atoms with van der Waals surface area (Å²) in [5.41, 5.74) is 7.37. The van der Waals surface area contributed by atoms with E-state index in [1.54, 1.807) is 30.3 Å². The van der Waals surface area contributed by atoms with Crippen molar-refractivity contribution in [1.82, 2.24) is 0 Å². The van der Waals surface area contributed by atoms with Crippen LogP contribution in [0.2, 0.25) is 5.02 Å². The van der Waals surface area contributed by atoms with E-state index in [0.29, 0.717) is 22.0 Å². The highest BCUT2D eigenvalue weighted by atomic mass is 35.5. The van der Waals surface area contributed by atoms with Gasteiger partial charge < -0.3 is 5.73 Å². The molecule has 0 heterocycles. The summed E-state index contributed by atoms with van der Waals surface area (Å²) in [7, 11) is 0. The Bertz CT molecular complexity index is 656. The molecule has 19 heavy (non-hydrogen) atoms. The van der Waals surface area contributed by atoms with Crippen LogP contribution in [0, 0.1) is 10.1 Å². The lowest BCUT2D eigenvalue weighted by Gasteiger charge is -1.99. The molecule has 0 amide bonds. The molecule has 0 atom stereocenters. The van der Waals surface area contributed by atoms with Crippen LogP contribution >= 0.6 is 11.6 Å². The maximum Gasteiger partial charge on any atom is 0.270 e. The lowest BCUT2D eigenvalue weighted by molar-refractivity contribution is -0.384. The Morgan fingerprint density at radius 2 is 2.05 bits per heavy atom. The summed E-state index contributed by atoms with van der Waals surface area (Å²) in [5.74, 6) is 0. The molecule has 0 aliphatic heterocycles. The van der Waals surface area contributed by atoms with Crippen molar-refractivity contribution in [2.24, 2.45) is 4.99 Å². The van der Waals surface area contributed by atoms with Crippen LogP contribution in [0.25, 0.3) is 0 Å². The van der Waals surface area contributed by atoms with Crippen LogP contribution in [0.5, 0.6) is 0 Å². The predicted molar refractivity (Wildman–Crippen MR) is 76.2 cm³/mol. The number of hydrogen-bond acceptors (Lipinski definition) is 4. The van der Waals surface area contributed by atoms with E-state index < -0.39 is 4.92 Å². The second kappa shape index (κ2) is 5.49. The zero-order valence-corrected chi connectivity index (χ0v) is 10.5. The Morgan fingerprint density at radius 3 is 2.74 bits per heavy atom. The van der Waals surface area contributed by atoms with Crippen LogP contribution in [0.3, 0.4) is 0 Å². The van der Waals surface area contributed by atoms with E-state index in [4.69, 9.17) is 17.3 Å². The summed E-state index contributed by atoms with van der Waals surface area (Å²) in [6.07, 6.45) is 1.54. The summed E-state index contributed by atoms with van der Waals surface area (Å²) in [4.78, 5) is 14.4. The molecular weight excluding hydrogens is 266 g/mol. The standard InChI is InChI=1S/C13H10ClN3O2/c14-12-7-10(4-5-13(12)15)16-8-9-2-1-3-11(6-9)17(18)19/h1-8H,15H2. The van der Waals surface area contributed by atoms with Crippen molar-refractivity contribution < 1.29 is 4.92 Å². The molecule has 2 N–H and O–H groups in total. The van der Waals surface area contributed by atoms with Crippen LogP contribution in [0.1, 0.15) is 5.56 Å². The third-order valence-electron chi connectivity index (χ3n) is 2.43. The molecule has 0 saturated heterocycles. The van der Waals surface area contributed by atoms with E-state index in [1.807, 2.05) is 0 Å². The molecule has 0 spiro atoms. The molecule has 6 heteroatoms. The Hall–Kier alpha value is -2.40. The summed E-state index contributed by atoms with van der Waals surface area (Å²) in [6, 6.07) is 11.2. The number of nitrogens with two attached hydrogens (primary N) is 1. The van der Waals surface area contributed by atoms with E-state index in [1.165, 1.54) is 18.3 Å². The molecule has 0 aliphatic rings. The fraction of sp³-hybridized carbons (Fsp3) is 0. The zero-order valence-electron chi connectivity index (χ0n) is 9.79. The average molecular weight is 276 g/mol. The van der Waals surface area contributed by atoms with Crippen molar-refractivity contribution in [3.8, 4) is 0 Å². The molecule has 0 aliphatic carbocycles. The smallest absolute Gasteiger partial charge is 0.270 e. The number of benzene rings is 2. The Morgan fingerprint density at radius 1 is 1.26 bits per heavy atom. The number of non-ortho nitro benzene ring substituents is 1. The van der Waals surface area contributed by atoms with E-state index >= 15 is 0 Å². The van der Waals surface area contributed by atoms with Crippen LogP contribution in [-0.4, -0.2) is 11.1 Å². The summed E-state index contributed by atoms with van der Waals surface area (Å²) in [6.45, 7) is 0. The van der Waals surface area contributed by atoms with Crippen LogP contribution in [0.15, 0.2) is 47.5 Å². The second-order valence-electron chi connectivity index (χ2n) is 3.82. The summed E-state index contributed by atoms with van der Waals surface area (Å²) < 4.78 is 0. The Kier molecular flexibility index (Phi) is 3.77. The minimum Gasteiger partial charge on any atom is -0.398 e. The minimum atomic E-state index is -0.447. The van der Waals surface area contributed by atoms with Gasteiger partial charge in [0.1, 0.15) is 0 Å². The van der Waals surface area contributed by atoms with Crippen molar-refractivity contribution in [2.75, 3.05) is 5.73 Å². The van der Waals surface area contributed by atoms with Crippen LogP contribution < -0.4 is 5.73 Å². The number of anilines is 1. The highest BCUT2D eigenvalue weighted by molar-refractivity contribution is 6.33. The van der Waals surface area contributed by atoms with Gasteiger partial charge in [-0.1, -0.05) is 23.7 Å². The number of halogens is 1. The van der Waals surface area contributed by atoms with Gasteiger partial charge in [0.2, 0.25) is 0 Å². The Labute approximate surface area is 114 Å². The molecule has 0 aromatic heterocycles. The lowest BCUT2D eigenvalue weighted by Crippen LogP contribution is -1.89. The fourth-order valence-corrected chi connectivity index (χ4v) is 1.64. The quantitative estimate of drug-likeness (QED) is 0.402. The largest absolute Gasteiger partial charge is 0.398 e. The van der Waals surface area contributed by atoms with Gasteiger partial charge in [0, 0.05) is 18.3 Å². The number of hydrogen-bond donors (Lipinski definition) is 1. The maximum atomic E-state index is 10.6. The number of aliphatic imine (C=N–C) groups is 1. The highest BCUT2D eigenvalue weighted by Gasteiger charge is 2.04. The first-order valence-electron chi connectivity index (χ1n) is 5.40. The second-order valence-corrected chi connectivity index (χ2v) is 4.22. The van der Waals surface area contributed by atoms with Crippen molar-refractivity contribution in [2.45, 2.75) is 0 Å². The van der Waals surface area contributed by atoms with Gasteiger partial charge in [-0.25, -0.2) is 0 Å². The molecule has 0 fully saturated rings. The van der Waals surface area contributed by atoms with Crippen LogP contribution in [-0.2, 0) is 0 Å². The van der Waals surface area contributed by atoms with Gasteiger partial charge in [0.15, 0.2) is 0 Å². The monoisotopic (exact) mass is 275 g/mol. The minimum absolute atomic E-state index is 0.0271. The molecule has 96 valence electrons. The number of nitro groups is 1. The fourth-order valence-electron chi connectivity index (χ4n) is 1.46. The van der Waals surface area contributed by atoms with Gasteiger partial charge >= 0.3 is 0 Å². The van der Waals surface area contributed by atoms with E-state index in [-0.39, 0.29) is 5.69 Å². The lowest BCUT2D eigenvalue weighted by atomic mass is 10.2. The third-order valence-corrected chi connectivity index (χ3v) is 2.76. The van der Waals surface area contributed by atoms with E-state index in [2.05, 4.69) is 4.99 Å². The molecular formula is C13H10ClN3O2. The molecule has 0 bridgehead atoms. The van der Waals surface area contributed by atoms with Crippen molar-refractivity contribution >= 4 is 34.9 Å². The topological polar surface area (TPSA) is 81.5 Å². The molecule has 2 aromatic carbocycles. The van der Waals surface area contributed by atoms with Crippen molar-refractivity contribution in [3.63, 3.8) is 0 Å². The average Bonchev–Trinajstić information content (AvgIpc) is 2.40. The SMILES string of the molecule is Nc1ccc(N=Cc2cccc([N+](=O)[O-])c2)cc1Cl. The van der Waals surface area contributed by atoms with Gasteiger partial charge in [-0.15, -0.1) is 0 Å². The first-order chi connectivity index (χ1) is 9.06. The maximum absolute atomic E-state index is 10.6. The number of nitro benzene ring substituents is 1. The molecule has 0 radical (unpaired) electrons. The van der Waals surface area contributed by atoms with Crippen LogP contribution in [0.4, 0.5) is 17.1 Å². The van der Waals surface area contributed by atoms with Gasteiger partial charge in [-0.2, -0.15) is 0 Å². The van der Waals surface area contributed by atoms with Crippen molar-refractivity contribution in [1.29, 1.82) is 0 Å². The number of nitrogen functional groups attached to an aromatic ring is 1. The number of rotatable bonds is 3. The van der Waals surface area contributed by atoms with Crippen molar-refractivity contribution in [3.05, 3.63) is 63.2 Å². The van der Waals surface area contributed by atoms with Gasteiger partial charge in [0.05, 0.1) is 21.3 Å². The normalized spacial score (nSPS) is 10.8. The zero-order chi connectivity index (χ0) is 13.8. The van der Waals surface area contributed by atoms with E-state index in [0.717, 1.165) is 0 Å². The van der Waals surface area contributed by atoms with E-state index in [9.17, 15) is 10.1 Å². The summed E-state index contributed by atoms with van der Waals surface area (Å²) in [5, 5.41) is 11.1. The predicted octanol–water partition coefficient (Wildman–Crippen LogP) is 3.58. The highest BCUT2D eigenvalue weighted by Crippen LogP contribution is 2.24. The van der Waals surface area contributed by atoms with Gasteiger partial charge in [-0.3, -0.25) is 15.1 Å². The molecule has 2 aromatic rings. The number of nitrogens with zero attached hydrogens (tertiary/aromatic N) is 2. The molecule has 0 saturated carbocycles. The molecule has 0 unspecified atom stereocenters. The third kappa shape index (κ3) is 3.29. The first kappa shape index (κ1) is 13.0. The molecule has 5 nitrogen and oxygen atoms in total. The van der Waals surface area contributed by atoms with Gasteiger partial charge in [0.25, 0.3) is 5.69 Å². The molecule has 2 rings (SSSR count). The first-order valence-corrected chi connectivity index (χ1v) is 5.77. The Balaban J connectivity index is 2.24. The van der Waals surface area contributed by atoms with Gasteiger partial charge in [-0.05, 0) is 23.8 Å². The summed E-state index contributed by atoms with van der Waals surface area (Å²) >= 11 is 5.87.